The van der Waals surface area contributed by atoms with Crippen LogP contribution in [-0.2, 0) is 10.0 Å². The SMILES string of the molecule is CCNC(=O)c1ccc(Oc2ccc(NS(=O)(=O)c3ccccc3C)cc2)nc1. The first-order valence-corrected chi connectivity index (χ1v) is 10.5. The molecule has 0 bridgehead atoms. The zero-order valence-corrected chi connectivity index (χ0v) is 16.9. The maximum atomic E-state index is 12.5. The Bertz CT molecular complexity index is 1100. The molecular weight excluding hydrogens is 390 g/mol. The number of hydrogen-bond acceptors (Lipinski definition) is 5. The van der Waals surface area contributed by atoms with Gasteiger partial charge in [-0.1, -0.05) is 18.2 Å². The Balaban J connectivity index is 1.67. The second kappa shape index (κ2) is 8.74. The van der Waals surface area contributed by atoms with Crippen molar-refractivity contribution in [2.24, 2.45) is 0 Å². The van der Waals surface area contributed by atoms with Crippen LogP contribution in [0.4, 0.5) is 5.69 Å². The molecule has 3 aromatic rings. The quantitative estimate of drug-likeness (QED) is 0.617. The van der Waals surface area contributed by atoms with E-state index < -0.39 is 10.0 Å². The number of aromatic nitrogens is 1. The number of nitrogens with one attached hydrogen (secondary N) is 2. The zero-order chi connectivity index (χ0) is 20.9. The van der Waals surface area contributed by atoms with Crippen LogP contribution in [0, 0.1) is 6.92 Å². The van der Waals surface area contributed by atoms with Crippen LogP contribution in [0.25, 0.3) is 0 Å². The normalized spacial score (nSPS) is 11.0. The molecule has 2 N–H and O–H groups in total. The topological polar surface area (TPSA) is 97.4 Å². The van der Waals surface area contributed by atoms with Gasteiger partial charge in [0.2, 0.25) is 5.88 Å². The van der Waals surface area contributed by atoms with Crippen LogP contribution in [-0.4, -0.2) is 25.9 Å². The Kier molecular flexibility index (Phi) is 6.13. The highest BCUT2D eigenvalue weighted by atomic mass is 32.2. The maximum absolute atomic E-state index is 12.5. The Morgan fingerprint density at radius 3 is 2.38 bits per heavy atom. The number of carbonyl (C=O) groups is 1. The number of pyridine rings is 1. The fraction of sp³-hybridized carbons (Fsp3) is 0.143. The second-order valence-corrected chi connectivity index (χ2v) is 7.89. The number of ether oxygens (including phenoxy) is 1. The van der Waals surface area contributed by atoms with Gasteiger partial charge in [-0.15, -0.1) is 0 Å². The number of aryl methyl sites for hydroxylation is 1. The molecule has 1 amide bonds. The Labute approximate surface area is 169 Å². The molecular formula is C21H21N3O4S. The summed E-state index contributed by atoms with van der Waals surface area (Å²) in [4.78, 5) is 16.1. The molecule has 0 atom stereocenters. The van der Waals surface area contributed by atoms with E-state index in [0.29, 0.717) is 35.0 Å². The minimum Gasteiger partial charge on any atom is -0.439 e. The first kappa shape index (κ1) is 20.3. The van der Waals surface area contributed by atoms with Gasteiger partial charge in [-0.05, 0) is 55.8 Å². The van der Waals surface area contributed by atoms with Gasteiger partial charge in [0.25, 0.3) is 15.9 Å². The molecule has 0 radical (unpaired) electrons. The van der Waals surface area contributed by atoms with Crippen LogP contribution < -0.4 is 14.8 Å². The summed E-state index contributed by atoms with van der Waals surface area (Å²) < 4.78 is 33.3. The molecule has 7 nitrogen and oxygen atoms in total. The predicted octanol–water partition coefficient (Wildman–Crippen LogP) is 3.73. The molecule has 1 aromatic heterocycles. The van der Waals surface area contributed by atoms with Crippen molar-refractivity contribution in [3.8, 4) is 11.6 Å². The van der Waals surface area contributed by atoms with Gasteiger partial charge in [0, 0.05) is 24.5 Å². The van der Waals surface area contributed by atoms with Crippen molar-refractivity contribution in [1.29, 1.82) is 0 Å². The van der Waals surface area contributed by atoms with E-state index in [2.05, 4.69) is 15.0 Å². The Morgan fingerprint density at radius 2 is 1.76 bits per heavy atom. The average molecular weight is 411 g/mol. The minimum absolute atomic E-state index is 0.197. The van der Waals surface area contributed by atoms with E-state index in [0.717, 1.165) is 0 Å². The van der Waals surface area contributed by atoms with Crippen molar-refractivity contribution in [3.05, 3.63) is 78.0 Å². The van der Waals surface area contributed by atoms with E-state index >= 15 is 0 Å². The zero-order valence-electron chi connectivity index (χ0n) is 16.0. The van der Waals surface area contributed by atoms with Crippen molar-refractivity contribution in [1.82, 2.24) is 10.3 Å². The summed E-state index contributed by atoms with van der Waals surface area (Å²) >= 11 is 0. The molecule has 29 heavy (non-hydrogen) atoms. The van der Waals surface area contributed by atoms with Gasteiger partial charge in [0.1, 0.15) is 5.75 Å². The van der Waals surface area contributed by atoms with Crippen LogP contribution in [0.5, 0.6) is 11.6 Å². The van der Waals surface area contributed by atoms with Crippen LogP contribution in [0.2, 0.25) is 0 Å². The van der Waals surface area contributed by atoms with Crippen LogP contribution in [0.15, 0.2) is 71.8 Å². The van der Waals surface area contributed by atoms with E-state index in [1.54, 1.807) is 67.6 Å². The molecule has 0 fully saturated rings. The van der Waals surface area contributed by atoms with E-state index in [1.807, 2.05) is 6.92 Å². The van der Waals surface area contributed by atoms with Crippen molar-refractivity contribution in [3.63, 3.8) is 0 Å². The third-order valence-electron chi connectivity index (χ3n) is 4.05. The van der Waals surface area contributed by atoms with Gasteiger partial charge < -0.3 is 10.1 Å². The van der Waals surface area contributed by atoms with Crippen molar-refractivity contribution < 1.29 is 17.9 Å². The van der Waals surface area contributed by atoms with E-state index in [-0.39, 0.29) is 10.8 Å². The standard InChI is InChI=1S/C21H21N3O4S/c1-3-22-21(25)16-8-13-20(23-14-16)28-18-11-9-17(10-12-18)24-29(26,27)19-7-5-4-6-15(19)2/h4-14,24H,3H2,1-2H3,(H,22,25). The molecule has 2 aromatic carbocycles. The van der Waals surface area contributed by atoms with Gasteiger partial charge in [-0.2, -0.15) is 0 Å². The van der Waals surface area contributed by atoms with Crippen LogP contribution in [0.1, 0.15) is 22.8 Å². The number of nitrogens with zero attached hydrogens (tertiary/aromatic N) is 1. The Morgan fingerprint density at radius 1 is 1.03 bits per heavy atom. The summed E-state index contributed by atoms with van der Waals surface area (Å²) in [5.41, 5.74) is 1.53. The first-order valence-electron chi connectivity index (χ1n) is 8.99. The maximum Gasteiger partial charge on any atom is 0.262 e. The lowest BCUT2D eigenvalue weighted by Crippen LogP contribution is -2.22. The summed E-state index contributed by atoms with van der Waals surface area (Å²) in [6.07, 6.45) is 1.44. The molecule has 0 aliphatic heterocycles. The largest absolute Gasteiger partial charge is 0.439 e. The lowest BCUT2D eigenvalue weighted by molar-refractivity contribution is 0.0955. The third-order valence-corrected chi connectivity index (χ3v) is 5.59. The summed E-state index contributed by atoms with van der Waals surface area (Å²) in [6.45, 7) is 4.13. The third kappa shape index (κ3) is 5.11. The van der Waals surface area contributed by atoms with E-state index in [9.17, 15) is 13.2 Å². The number of benzene rings is 2. The monoisotopic (exact) mass is 411 g/mol. The number of sulfonamides is 1. The predicted molar refractivity (Wildman–Crippen MR) is 111 cm³/mol. The highest BCUT2D eigenvalue weighted by Gasteiger charge is 2.16. The molecule has 0 aliphatic carbocycles. The molecule has 0 saturated heterocycles. The highest BCUT2D eigenvalue weighted by Crippen LogP contribution is 2.24. The summed E-state index contributed by atoms with van der Waals surface area (Å²) in [6, 6.07) is 16.5. The van der Waals surface area contributed by atoms with Crippen LogP contribution >= 0.6 is 0 Å². The molecule has 0 aliphatic rings. The first-order chi connectivity index (χ1) is 13.9. The summed E-state index contributed by atoms with van der Waals surface area (Å²) in [7, 11) is -3.67. The molecule has 3 rings (SSSR count). The average Bonchev–Trinajstić information content (AvgIpc) is 2.70. The van der Waals surface area contributed by atoms with Gasteiger partial charge in [-0.3, -0.25) is 9.52 Å². The highest BCUT2D eigenvalue weighted by molar-refractivity contribution is 7.92. The fourth-order valence-electron chi connectivity index (χ4n) is 2.62. The molecule has 0 spiro atoms. The number of anilines is 1. The molecule has 0 saturated carbocycles. The smallest absolute Gasteiger partial charge is 0.262 e. The van der Waals surface area contributed by atoms with Crippen molar-refractivity contribution >= 4 is 21.6 Å². The van der Waals surface area contributed by atoms with Gasteiger partial charge in [0.15, 0.2) is 0 Å². The number of rotatable bonds is 7. The van der Waals surface area contributed by atoms with E-state index in [4.69, 9.17) is 4.74 Å². The molecule has 1 heterocycles. The van der Waals surface area contributed by atoms with E-state index in [1.165, 1.54) is 6.20 Å². The second-order valence-electron chi connectivity index (χ2n) is 6.24. The lowest BCUT2D eigenvalue weighted by Gasteiger charge is -2.11. The molecule has 0 unspecified atom stereocenters. The van der Waals surface area contributed by atoms with Crippen molar-refractivity contribution in [2.45, 2.75) is 18.7 Å². The number of amides is 1. The lowest BCUT2D eigenvalue weighted by atomic mass is 10.2. The number of carbonyl (C=O) groups excluding carboxylic acids is 1. The van der Waals surface area contributed by atoms with Gasteiger partial charge >= 0.3 is 0 Å². The fourth-order valence-corrected chi connectivity index (χ4v) is 3.92. The van der Waals surface area contributed by atoms with Gasteiger partial charge in [0.05, 0.1) is 10.5 Å². The van der Waals surface area contributed by atoms with Crippen molar-refractivity contribution in [2.75, 3.05) is 11.3 Å². The summed E-state index contributed by atoms with van der Waals surface area (Å²) in [5, 5.41) is 2.70. The minimum atomic E-state index is -3.67. The number of hydrogen-bond donors (Lipinski definition) is 2. The molecule has 8 heteroatoms. The van der Waals surface area contributed by atoms with Gasteiger partial charge in [-0.25, -0.2) is 13.4 Å². The summed E-state index contributed by atoms with van der Waals surface area (Å²) in [5.74, 6) is 0.616. The Hall–Kier alpha value is -3.39. The van der Waals surface area contributed by atoms with Crippen LogP contribution in [0.3, 0.4) is 0 Å². The molecule has 150 valence electrons.